The van der Waals surface area contributed by atoms with E-state index < -0.39 is 0 Å². The fraction of sp³-hybridized carbons (Fsp3) is 0.667. The highest BCUT2D eigenvalue weighted by molar-refractivity contribution is 7.10. The zero-order chi connectivity index (χ0) is 8.81. The van der Waals surface area contributed by atoms with Crippen molar-refractivity contribution in [3.8, 4) is 0 Å². The van der Waals surface area contributed by atoms with E-state index in [1.807, 2.05) is 0 Å². The Morgan fingerprint density at radius 3 is 2.92 bits per heavy atom. The minimum Gasteiger partial charge on any atom is -0.382 e. The molecule has 0 spiro atoms. The van der Waals surface area contributed by atoms with Crippen LogP contribution in [0.4, 0.5) is 0 Å². The summed E-state index contributed by atoms with van der Waals surface area (Å²) in [5.74, 6) is 0. The van der Waals surface area contributed by atoms with Gasteiger partial charge in [0.05, 0.1) is 19.8 Å². The summed E-state index contributed by atoms with van der Waals surface area (Å²) >= 11 is 6.90. The van der Waals surface area contributed by atoms with Crippen molar-refractivity contribution in [2.24, 2.45) is 0 Å². The standard InChI is InChI=1S/C6H9ClN2O2S/c1-10-2-3-11-4-5-6(7)12-9-8-5/h2-4H2,1H3. The first-order valence-corrected chi connectivity index (χ1v) is 4.53. The van der Waals surface area contributed by atoms with Gasteiger partial charge in [-0.05, 0) is 0 Å². The second kappa shape index (κ2) is 5.42. The molecule has 0 saturated carbocycles. The maximum Gasteiger partial charge on any atom is 0.139 e. The first-order valence-electron chi connectivity index (χ1n) is 3.38. The lowest BCUT2D eigenvalue weighted by molar-refractivity contribution is 0.0602. The van der Waals surface area contributed by atoms with Crippen molar-refractivity contribution in [2.45, 2.75) is 6.61 Å². The summed E-state index contributed by atoms with van der Waals surface area (Å²) in [6.45, 7) is 1.53. The molecule has 0 atom stereocenters. The van der Waals surface area contributed by atoms with Crippen molar-refractivity contribution >= 4 is 23.1 Å². The number of methoxy groups -OCH3 is 1. The van der Waals surface area contributed by atoms with Crippen molar-refractivity contribution in [3.05, 3.63) is 10.0 Å². The minimum atomic E-state index is 0.401. The van der Waals surface area contributed by atoms with Gasteiger partial charge in [-0.25, -0.2) is 0 Å². The smallest absolute Gasteiger partial charge is 0.139 e. The van der Waals surface area contributed by atoms with Gasteiger partial charge in [-0.1, -0.05) is 16.1 Å². The summed E-state index contributed by atoms with van der Waals surface area (Å²) in [5.41, 5.74) is 0.692. The molecule has 4 nitrogen and oxygen atoms in total. The van der Waals surface area contributed by atoms with E-state index in [2.05, 4.69) is 9.59 Å². The van der Waals surface area contributed by atoms with Gasteiger partial charge in [-0.3, -0.25) is 0 Å². The van der Waals surface area contributed by atoms with Gasteiger partial charge in [0.1, 0.15) is 10.0 Å². The van der Waals surface area contributed by atoms with Crippen molar-refractivity contribution in [1.29, 1.82) is 0 Å². The van der Waals surface area contributed by atoms with Crippen molar-refractivity contribution in [1.82, 2.24) is 9.59 Å². The Labute approximate surface area is 79.6 Å². The van der Waals surface area contributed by atoms with Crippen molar-refractivity contribution < 1.29 is 9.47 Å². The van der Waals surface area contributed by atoms with Crippen LogP contribution in [0.25, 0.3) is 0 Å². The average Bonchev–Trinajstić information content (AvgIpc) is 2.46. The van der Waals surface area contributed by atoms with Crippen LogP contribution in [0.15, 0.2) is 0 Å². The molecule has 0 aliphatic heterocycles. The summed E-state index contributed by atoms with van der Waals surface area (Å²) in [5, 5.41) is 3.78. The highest BCUT2D eigenvalue weighted by Crippen LogP contribution is 2.17. The first-order chi connectivity index (χ1) is 5.84. The second-order valence-electron chi connectivity index (χ2n) is 2.04. The zero-order valence-electron chi connectivity index (χ0n) is 6.62. The Balaban J connectivity index is 2.20. The monoisotopic (exact) mass is 208 g/mol. The molecule has 1 aromatic heterocycles. The minimum absolute atomic E-state index is 0.401. The molecule has 0 amide bonds. The third-order valence-corrected chi connectivity index (χ3v) is 2.16. The normalized spacial score (nSPS) is 10.5. The third kappa shape index (κ3) is 3.02. The predicted octanol–water partition coefficient (Wildman–Crippen LogP) is 1.35. The van der Waals surface area contributed by atoms with E-state index >= 15 is 0 Å². The van der Waals surface area contributed by atoms with Crippen LogP contribution >= 0.6 is 23.1 Å². The summed E-state index contributed by atoms with van der Waals surface area (Å²) < 4.78 is 14.3. The molecule has 0 saturated heterocycles. The molecular weight excluding hydrogens is 200 g/mol. The number of ether oxygens (including phenoxy) is 2. The highest BCUT2D eigenvalue weighted by Gasteiger charge is 2.03. The Kier molecular flexibility index (Phi) is 4.45. The number of halogens is 1. The van der Waals surface area contributed by atoms with Gasteiger partial charge in [-0.2, -0.15) is 0 Å². The van der Waals surface area contributed by atoms with Crippen LogP contribution in [-0.4, -0.2) is 29.9 Å². The summed E-state index contributed by atoms with van der Waals surface area (Å²) in [6, 6.07) is 0. The molecule has 12 heavy (non-hydrogen) atoms. The van der Waals surface area contributed by atoms with Gasteiger partial charge >= 0.3 is 0 Å². The molecule has 1 aromatic rings. The van der Waals surface area contributed by atoms with E-state index in [4.69, 9.17) is 21.1 Å². The lowest BCUT2D eigenvalue weighted by atomic mass is 10.5. The van der Waals surface area contributed by atoms with Gasteiger partial charge in [0.15, 0.2) is 0 Å². The molecule has 68 valence electrons. The highest BCUT2D eigenvalue weighted by atomic mass is 35.5. The number of aromatic nitrogens is 2. The van der Waals surface area contributed by atoms with E-state index in [9.17, 15) is 0 Å². The Hall–Kier alpha value is -0.230. The van der Waals surface area contributed by atoms with Gasteiger partial charge in [-0.15, -0.1) is 5.10 Å². The van der Waals surface area contributed by atoms with Crippen LogP contribution in [0.3, 0.4) is 0 Å². The summed E-state index contributed by atoms with van der Waals surface area (Å²) in [7, 11) is 1.63. The van der Waals surface area contributed by atoms with E-state index in [0.717, 1.165) is 11.5 Å². The molecule has 0 N–H and O–H groups in total. The first kappa shape index (κ1) is 9.85. The second-order valence-corrected chi connectivity index (χ2v) is 3.39. The summed E-state index contributed by atoms with van der Waals surface area (Å²) in [4.78, 5) is 0. The topological polar surface area (TPSA) is 44.2 Å². The molecule has 1 rings (SSSR count). The Morgan fingerprint density at radius 2 is 2.33 bits per heavy atom. The maximum atomic E-state index is 5.73. The van der Waals surface area contributed by atoms with Crippen LogP contribution in [0.1, 0.15) is 5.69 Å². The van der Waals surface area contributed by atoms with Gasteiger partial charge in [0.2, 0.25) is 0 Å². The van der Waals surface area contributed by atoms with Crippen LogP contribution in [0, 0.1) is 0 Å². The third-order valence-electron chi connectivity index (χ3n) is 1.18. The zero-order valence-corrected chi connectivity index (χ0v) is 8.19. The van der Waals surface area contributed by atoms with Gasteiger partial charge in [0, 0.05) is 18.6 Å². The fourth-order valence-corrected chi connectivity index (χ4v) is 1.20. The van der Waals surface area contributed by atoms with Crippen LogP contribution in [-0.2, 0) is 16.1 Å². The molecular formula is C6H9ClN2O2S. The Morgan fingerprint density at radius 1 is 1.50 bits per heavy atom. The number of hydrogen-bond donors (Lipinski definition) is 0. The molecule has 0 aliphatic rings. The fourth-order valence-electron chi connectivity index (χ4n) is 0.594. The lowest BCUT2D eigenvalue weighted by Crippen LogP contribution is -2.02. The molecule has 0 aromatic carbocycles. The van der Waals surface area contributed by atoms with Gasteiger partial charge in [0.25, 0.3) is 0 Å². The van der Waals surface area contributed by atoms with E-state index in [1.165, 1.54) is 0 Å². The van der Waals surface area contributed by atoms with Gasteiger partial charge < -0.3 is 9.47 Å². The van der Waals surface area contributed by atoms with Crippen molar-refractivity contribution in [2.75, 3.05) is 20.3 Å². The van der Waals surface area contributed by atoms with Crippen LogP contribution < -0.4 is 0 Å². The van der Waals surface area contributed by atoms with Crippen LogP contribution in [0.2, 0.25) is 4.34 Å². The molecule has 0 aliphatic carbocycles. The van der Waals surface area contributed by atoms with E-state index in [1.54, 1.807) is 7.11 Å². The largest absolute Gasteiger partial charge is 0.382 e. The molecule has 0 radical (unpaired) electrons. The molecule has 0 unspecified atom stereocenters. The number of nitrogens with zero attached hydrogens (tertiary/aromatic N) is 2. The predicted molar refractivity (Wildman–Crippen MR) is 46.5 cm³/mol. The lowest BCUT2D eigenvalue weighted by Gasteiger charge is -1.99. The molecule has 1 heterocycles. The maximum absolute atomic E-state index is 5.73. The van der Waals surface area contributed by atoms with Crippen LogP contribution in [0.5, 0.6) is 0 Å². The number of hydrogen-bond acceptors (Lipinski definition) is 5. The van der Waals surface area contributed by atoms with E-state index in [0.29, 0.717) is 29.9 Å². The average molecular weight is 209 g/mol. The SMILES string of the molecule is COCCOCc1nnsc1Cl. The van der Waals surface area contributed by atoms with Crippen molar-refractivity contribution in [3.63, 3.8) is 0 Å². The number of rotatable bonds is 5. The molecule has 0 fully saturated rings. The Bertz CT molecular complexity index is 231. The molecule has 0 bridgehead atoms. The summed E-state index contributed by atoms with van der Waals surface area (Å²) in [6.07, 6.45) is 0. The quantitative estimate of drug-likeness (QED) is 0.686. The molecule has 6 heteroatoms. The van der Waals surface area contributed by atoms with E-state index in [-0.39, 0.29) is 0 Å².